The summed E-state index contributed by atoms with van der Waals surface area (Å²) < 4.78 is 17.4. The standard InChI is InChI=1S/C15H20O5/c1-10(16)20-13-14(2)8-12(17)7-11(14)9-19-15(13)5-3-4-6-18-15/h7,13H,3-6,8-9H2,1-2H3/t13-,14-,15+/m1/s1. The van der Waals surface area contributed by atoms with E-state index in [1.165, 1.54) is 6.92 Å². The Morgan fingerprint density at radius 1 is 1.40 bits per heavy atom. The third-order valence-electron chi connectivity index (χ3n) is 4.61. The summed E-state index contributed by atoms with van der Waals surface area (Å²) in [7, 11) is 0. The smallest absolute Gasteiger partial charge is 0.303 e. The minimum atomic E-state index is -0.888. The summed E-state index contributed by atoms with van der Waals surface area (Å²) in [6.45, 7) is 4.33. The average Bonchev–Trinajstić information content (AvgIpc) is 2.70. The highest BCUT2D eigenvalue weighted by molar-refractivity contribution is 5.94. The molecular formula is C15H20O5. The van der Waals surface area contributed by atoms with E-state index in [1.807, 2.05) is 6.92 Å². The van der Waals surface area contributed by atoms with Gasteiger partial charge in [-0.1, -0.05) is 6.92 Å². The maximum absolute atomic E-state index is 11.8. The highest BCUT2D eigenvalue weighted by Crippen LogP contribution is 2.52. The van der Waals surface area contributed by atoms with E-state index in [1.54, 1.807) is 6.08 Å². The number of ketones is 1. The van der Waals surface area contributed by atoms with Gasteiger partial charge in [0.2, 0.25) is 5.79 Å². The SMILES string of the molecule is CC(=O)O[C@H]1[C@]2(CCCCO2)OCC2=CC(=O)C[C@]21C. The topological polar surface area (TPSA) is 61.8 Å². The Morgan fingerprint density at radius 3 is 2.85 bits per heavy atom. The normalized spacial score (nSPS) is 40.4. The number of carbonyl (C=O) groups excluding carboxylic acids is 2. The summed E-state index contributed by atoms with van der Waals surface area (Å²) in [5.41, 5.74) is 0.409. The van der Waals surface area contributed by atoms with Crippen LogP contribution in [0.4, 0.5) is 0 Å². The summed E-state index contributed by atoms with van der Waals surface area (Å²) in [4.78, 5) is 23.3. The third-order valence-corrected chi connectivity index (χ3v) is 4.61. The molecule has 2 aliphatic heterocycles. The van der Waals surface area contributed by atoms with Crippen molar-refractivity contribution >= 4 is 11.8 Å². The summed E-state index contributed by atoms with van der Waals surface area (Å²) in [5.74, 6) is -1.19. The zero-order valence-electron chi connectivity index (χ0n) is 11.9. The van der Waals surface area contributed by atoms with Crippen molar-refractivity contribution in [2.24, 2.45) is 5.41 Å². The van der Waals surface area contributed by atoms with Crippen LogP contribution in [-0.4, -0.2) is 36.9 Å². The van der Waals surface area contributed by atoms with E-state index in [9.17, 15) is 9.59 Å². The van der Waals surface area contributed by atoms with E-state index in [-0.39, 0.29) is 11.8 Å². The van der Waals surface area contributed by atoms with Crippen molar-refractivity contribution in [3.63, 3.8) is 0 Å². The van der Waals surface area contributed by atoms with Gasteiger partial charge in [0, 0.05) is 25.2 Å². The summed E-state index contributed by atoms with van der Waals surface area (Å²) in [6, 6.07) is 0. The molecule has 0 unspecified atom stereocenters. The fourth-order valence-corrected chi connectivity index (χ4v) is 3.61. The molecule has 3 rings (SSSR count). The van der Waals surface area contributed by atoms with Gasteiger partial charge in [0.05, 0.1) is 13.2 Å². The Labute approximate surface area is 118 Å². The van der Waals surface area contributed by atoms with E-state index in [2.05, 4.69) is 0 Å². The number of hydrogen-bond donors (Lipinski definition) is 0. The Balaban J connectivity index is 1.99. The van der Waals surface area contributed by atoms with Crippen LogP contribution in [0.15, 0.2) is 11.6 Å². The van der Waals surface area contributed by atoms with Crippen LogP contribution >= 0.6 is 0 Å². The summed E-state index contributed by atoms with van der Waals surface area (Å²) >= 11 is 0. The van der Waals surface area contributed by atoms with E-state index in [0.29, 0.717) is 26.1 Å². The minimum absolute atomic E-state index is 0.0658. The maximum Gasteiger partial charge on any atom is 0.303 e. The van der Waals surface area contributed by atoms with Gasteiger partial charge >= 0.3 is 5.97 Å². The van der Waals surface area contributed by atoms with Crippen LogP contribution in [0, 0.1) is 5.41 Å². The van der Waals surface area contributed by atoms with Gasteiger partial charge in [-0.25, -0.2) is 0 Å². The predicted octanol–water partition coefficient (Wildman–Crippen LogP) is 1.75. The molecule has 2 saturated heterocycles. The molecule has 0 N–H and O–H groups in total. The molecule has 0 bridgehead atoms. The lowest BCUT2D eigenvalue weighted by Gasteiger charge is -2.52. The summed E-state index contributed by atoms with van der Waals surface area (Å²) in [5, 5.41) is 0. The number of allylic oxidation sites excluding steroid dienone is 1. The molecule has 0 amide bonds. The molecule has 2 fully saturated rings. The minimum Gasteiger partial charge on any atom is -0.456 e. The van der Waals surface area contributed by atoms with Crippen molar-refractivity contribution in [2.45, 2.75) is 51.4 Å². The van der Waals surface area contributed by atoms with Crippen LogP contribution in [-0.2, 0) is 23.8 Å². The molecule has 0 aromatic heterocycles. The molecule has 3 aliphatic rings. The first-order valence-corrected chi connectivity index (χ1v) is 7.15. The van der Waals surface area contributed by atoms with Gasteiger partial charge in [-0.05, 0) is 24.5 Å². The van der Waals surface area contributed by atoms with Crippen LogP contribution in [0.25, 0.3) is 0 Å². The first-order valence-electron chi connectivity index (χ1n) is 7.15. The Bertz CT molecular complexity index is 475. The van der Waals surface area contributed by atoms with E-state index >= 15 is 0 Å². The van der Waals surface area contributed by atoms with Crippen LogP contribution in [0.3, 0.4) is 0 Å². The van der Waals surface area contributed by atoms with E-state index < -0.39 is 17.3 Å². The zero-order valence-corrected chi connectivity index (χ0v) is 11.9. The van der Waals surface area contributed by atoms with Gasteiger partial charge in [-0.2, -0.15) is 0 Å². The maximum atomic E-state index is 11.8. The number of hydrogen-bond acceptors (Lipinski definition) is 5. The van der Waals surface area contributed by atoms with Gasteiger partial charge in [-0.15, -0.1) is 0 Å². The Kier molecular flexibility index (Phi) is 3.21. The molecule has 5 heteroatoms. The molecule has 0 aromatic rings. The van der Waals surface area contributed by atoms with Crippen molar-refractivity contribution in [1.82, 2.24) is 0 Å². The fourth-order valence-electron chi connectivity index (χ4n) is 3.61. The second-order valence-corrected chi connectivity index (χ2v) is 6.13. The summed E-state index contributed by atoms with van der Waals surface area (Å²) in [6.07, 6.45) is 4.08. The molecule has 2 heterocycles. The number of rotatable bonds is 1. The van der Waals surface area contributed by atoms with Crippen molar-refractivity contribution in [2.75, 3.05) is 13.2 Å². The number of carbonyl (C=O) groups is 2. The second kappa shape index (κ2) is 4.67. The highest BCUT2D eigenvalue weighted by atomic mass is 16.7. The molecular weight excluding hydrogens is 260 g/mol. The van der Waals surface area contributed by atoms with Crippen LogP contribution in [0.5, 0.6) is 0 Å². The first-order chi connectivity index (χ1) is 9.46. The number of ether oxygens (including phenoxy) is 3. The van der Waals surface area contributed by atoms with E-state index in [4.69, 9.17) is 14.2 Å². The molecule has 0 saturated carbocycles. The van der Waals surface area contributed by atoms with Crippen molar-refractivity contribution in [3.8, 4) is 0 Å². The second-order valence-electron chi connectivity index (χ2n) is 6.13. The van der Waals surface area contributed by atoms with E-state index in [0.717, 1.165) is 18.4 Å². The van der Waals surface area contributed by atoms with Crippen LogP contribution in [0.1, 0.15) is 39.5 Å². The molecule has 110 valence electrons. The van der Waals surface area contributed by atoms with Crippen LogP contribution in [0.2, 0.25) is 0 Å². The zero-order chi connectivity index (χ0) is 14.4. The van der Waals surface area contributed by atoms with Crippen molar-refractivity contribution < 1.29 is 23.8 Å². The molecule has 1 aliphatic carbocycles. The van der Waals surface area contributed by atoms with Gasteiger partial charge in [-0.3, -0.25) is 9.59 Å². The molecule has 0 aromatic carbocycles. The van der Waals surface area contributed by atoms with Gasteiger partial charge in [0.15, 0.2) is 11.9 Å². The molecule has 20 heavy (non-hydrogen) atoms. The van der Waals surface area contributed by atoms with Gasteiger partial charge < -0.3 is 14.2 Å². The molecule has 1 spiro atoms. The Hall–Kier alpha value is -1.20. The molecule has 5 nitrogen and oxygen atoms in total. The van der Waals surface area contributed by atoms with Gasteiger partial charge in [0.1, 0.15) is 0 Å². The van der Waals surface area contributed by atoms with Crippen LogP contribution < -0.4 is 0 Å². The number of esters is 1. The van der Waals surface area contributed by atoms with Crippen molar-refractivity contribution in [1.29, 1.82) is 0 Å². The predicted molar refractivity (Wildman–Crippen MR) is 69.9 cm³/mol. The van der Waals surface area contributed by atoms with Gasteiger partial charge in [0.25, 0.3) is 0 Å². The monoisotopic (exact) mass is 280 g/mol. The van der Waals surface area contributed by atoms with Crippen molar-refractivity contribution in [3.05, 3.63) is 11.6 Å². The lowest BCUT2D eigenvalue weighted by Crippen LogP contribution is -2.61. The number of fused-ring (bicyclic) bond motifs is 1. The lowest BCUT2D eigenvalue weighted by atomic mass is 9.71. The highest BCUT2D eigenvalue weighted by Gasteiger charge is 2.60. The molecule has 0 radical (unpaired) electrons. The third kappa shape index (κ3) is 2.00. The largest absolute Gasteiger partial charge is 0.456 e. The quantitative estimate of drug-likeness (QED) is 0.685. The fraction of sp³-hybridized carbons (Fsp3) is 0.733. The lowest BCUT2D eigenvalue weighted by molar-refractivity contribution is -0.328. The molecule has 3 atom stereocenters. The Morgan fingerprint density at radius 2 is 2.20 bits per heavy atom. The average molecular weight is 280 g/mol. The first kappa shape index (κ1) is 13.8.